The maximum absolute atomic E-state index is 12.7. The standard InChI is InChI=1S/C18H26N2O4/c1-12(2)24-15-8-7-13(11-14(15)16(19)21)20-17(22)18(23-3)9-5-4-6-10-18/h7-8,11-12H,4-6,9-10H2,1-3H3,(H2,19,21)(H,20,22). The maximum atomic E-state index is 12.7. The number of benzene rings is 1. The summed E-state index contributed by atoms with van der Waals surface area (Å²) in [4.78, 5) is 24.3. The molecule has 2 rings (SSSR count). The predicted molar refractivity (Wildman–Crippen MR) is 92.2 cm³/mol. The minimum atomic E-state index is -0.793. The van der Waals surface area contributed by atoms with Crippen molar-refractivity contribution in [1.29, 1.82) is 0 Å². The van der Waals surface area contributed by atoms with Gasteiger partial charge in [0.1, 0.15) is 11.4 Å². The number of ether oxygens (including phenoxy) is 2. The lowest BCUT2D eigenvalue weighted by Gasteiger charge is -2.34. The molecule has 1 aliphatic rings. The molecule has 132 valence electrons. The van der Waals surface area contributed by atoms with Crippen molar-refractivity contribution in [3.8, 4) is 5.75 Å². The van der Waals surface area contributed by atoms with E-state index in [1.165, 1.54) is 0 Å². The fourth-order valence-electron chi connectivity index (χ4n) is 3.05. The molecule has 1 aromatic carbocycles. The lowest BCUT2D eigenvalue weighted by atomic mass is 9.84. The third-order valence-electron chi connectivity index (χ3n) is 4.33. The Labute approximate surface area is 142 Å². The fourth-order valence-corrected chi connectivity index (χ4v) is 3.05. The quantitative estimate of drug-likeness (QED) is 0.837. The summed E-state index contributed by atoms with van der Waals surface area (Å²) >= 11 is 0. The molecule has 0 saturated heterocycles. The van der Waals surface area contributed by atoms with E-state index in [-0.39, 0.29) is 17.6 Å². The van der Waals surface area contributed by atoms with Crippen molar-refractivity contribution in [2.45, 2.75) is 57.7 Å². The lowest BCUT2D eigenvalue weighted by molar-refractivity contribution is -0.141. The van der Waals surface area contributed by atoms with Gasteiger partial charge in [-0.15, -0.1) is 0 Å². The Hall–Kier alpha value is -2.08. The molecule has 0 spiro atoms. The van der Waals surface area contributed by atoms with Gasteiger partial charge in [0, 0.05) is 12.8 Å². The zero-order chi connectivity index (χ0) is 17.7. The van der Waals surface area contributed by atoms with E-state index in [9.17, 15) is 9.59 Å². The third kappa shape index (κ3) is 4.06. The summed E-state index contributed by atoms with van der Waals surface area (Å²) in [6, 6.07) is 4.90. The van der Waals surface area contributed by atoms with Crippen molar-refractivity contribution in [2.24, 2.45) is 5.73 Å². The highest BCUT2D eigenvalue weighted by Crippen LogP contribution is 2.33. The van der Waals surface area contributed by atoms with Gasteiger partial charge in [-0.2, -0.15) is 0 Å². The molecule has 6 heteroatoms. The van der Waals surface area contributed by atoms with E-state index in [1.807, 2.05) is 13.8 Å². The second-order valence-corrected chi connectivity index (χ2v) is 6.45. The third-order valence-corrected chi connectivity index (χ3v) is 4.33. The number of rotatable bonds is 6. The van der Waals surface area contributed by atoms with E-state index in [2.05, 4.69) is 5.32 Å². The Kier molecular flexibility index (Phi) is 5.83. The number of methoxy groups -OCH3 is 1. The highest BCUT2D eigenvalue weighted by molar-refractivity contribution is 6.00. The molecule has 1 fully saturated rings. The minimum absolute atomic E-state index is 0.0810. The summed E-state index contributed by atoms with van der Waals surface area (Å²) in [5, 5.41) is 2.85. The Morgan fingerprint density at radius 1 is 1.21 bits per heavy atom. The van der Waals surface area contributed by atoms with Crippen LogP contribution in [0.1, 0.15) is 56.3 Å². The number of primary amides is 1. The molecule has 6 nitrogen and oxygen atoms in total. The van der Waals surface area contributed by atoms with Gasteiger partial charge in [-0.25, -0.2) is 0 Å². The van der Waals surface area contributed by atoms with Gasteiger partial charge in [0.15, 0.2) is 0 Å². The van der Waals surface area contributed by atoms with Crippen LogP contribution in [0.2, 0.25) is 0 Å². The normalized spacial score (nSPS) is 16.7. The second-order valence-electron chi connectivity index (χ2n) is 6.45. The van der Waals surface area contributed by atoms with Crippen molar-refractivity contribution in [3.05, 3.63) is 23.8 Å². The molecular weight excluding hydrogens is 308 g/mol. The molecule has 0 heterocycles. The molecule has 0 unspecified atom stereocenters. The lowest BCUT2D eigenvalue weighted by Crippen LogP contribution is -2.46. The van der Waals surface area contributed by atoms with Gasteiger partial charge in [-0.1, -0.05) is 19.3 Å². The molecule has 1 aliphatic carbocycles. The van der Waals surface area contributed by atoms with Gasteiger partial charge in [-0.3, -0.25) is 9.59 Å². The summed E-state index contributed by atoms with van der Waals surface area (Å²) in [5.41, 5.74) is 5.39. The largest absolute Gasteiger partial charge is 0.490 e. The zero-order valence-corrected chi connectivity index (χ0v) is 14.6. The summed E-state index contributed by atoms with van der Waals surface area (Å²) in [7, 11) is 1.57. The van der Waals surface area contributed by atoms with Crippen molar-refractivity contribution in [3.63, 3.8) is 0 Å². The highest BCUT2D eigenvalue weighted by atomic mass is 16.5. The van der Waals surface area contributed by atoms with Crippen LogP contribution < -0.4 is 15.8 Å². The number of carbonyl (C=O) groups excluding carboxylic acids is 2. The Balaban J connectivity index is 2.21. The second kappa shape index (κ2) is 7.66. The van der Waals surface area contributed by atoms with Gasteiger partial charge in [0.05, 0.1) is 11.7 Å². The number of anilines is 1. The van der Waals surface area contributed by atoms with E-state index in [1.54, 1.807) is 25.3 Å². The van der Waals surface area contributed by atoms with Crippen molar-refractivity contribution in [2.75, 3.05) is 12.4 Å². The van der Waals surface area contributed by atoms with E-state index in [0.717, 1.165) is 19.3 Å². The number of nitrogens with one attached hydrogen (secondary N) is 1. The SMILES string of the molecule is COC1(C(=O)Nc2ccc(OC(C)C)c(C(N)=O)c2)CCCCC1. The first-order valence-electron chi connectivity index (χ1n) is 8.35. The molecule has 0 aromatic heterocycles. The van der Waals surface area contributed by atoms with Crippen molar-refractivity contribution >= 4 is 17.5 Å². The first kappa shape index (κ1) is 18.3. The molecule has 1 saturated carbocycles. The van der Waals surface area contributed by atoms with Crippen LogP contribution in [0.5, 0.6) is 5.75 Å². The van der Waals surface area contributed by atoms with Crippen LogP contribution in [-0.2, 0) is 9.53 Å². The number of hydrogen-bond donors (Lipinski definition) is 2. The number of nitrogens with two attached hydrogens (primary N) is 1. The molecule has 0 aliphatic heterocycles. The van der Waals surface area contributed by atoms with Crippen LogP contribution in [-0.4, -0.2) is 30.6 Å². The van der Waals surface area contributed by atoms with Crippen LogP contribution in [0, 0.1) is 0 Å². The fraction of sp³-hybridized carbons (Fsp3) is 0.556. The monoisotopic (exact) mass is 334 g/mol. The summed E-state index contributed by atoms with van der Waals surface area (Å²) in [6.45, 7) is 3.73. The van der Waals surface area contributed by atoms with Gasteiger partial charge < -0.3 is 20.5 Å². The minimum Gasteiger partial charge on any atom is -0.490 e. The smallest absolute Gasteiger partial charge is 0.256 e. The van der Waals surface area contributed by atoms with Crippen LogP contribution in [0.25, 0.3) is 0 Å². The summed E-state index contributed by atoms with van der Waals surface area (Å²) < 4.78 is 11.1. The van der Waals surface area contributed by atoms with Crippen LogP contribution in [0.4, 0.5) is 5.69 Å². The van der Waals surface area contributed by atoms with E-state index >= 15 is 0 Å². The van der Waals surface area contributed by atoms with Gasteiger partial charge >= 0.3 is 0 Å². The van der Waals surface area contributed by atoms with E-state index in [4.69, 9.17) is 15.2 Å². The van der Waals surface area contributed by atoms with Gasteiger partial charge in [-0.05, 0) is 44.9 Å². The average Bonchev–Trinajstić information content (AvgIpc) is 2.56. The van der Waals surface area contributed by atoms with Crippen LogP contribution in [0.3, 0.4) is 0 Å². The number of amides is 2. The van der Waals surface area contributed by atoms with Crippen LogP contribution >= 0.6 is 0 Å². The number of hydrogen-bond acceptors (Lipinski definition) is 4. The predicted octanol–water partition coefficient (Wildman–Crippen LogP) is 2.86. The maximum Gasteiger partial charge on any atom is 0.256 e. The molecule has 0 bridgehead atoms. The molecule has 24 heavy (non-hydrogen) atoms. The Morgan fingerprint density at radius 3 is 2.42 bits per heavy atom. The van der Waals surface area contributed by atoms with Crippen molar-refractivity contribution in [1.82, 2.24) is 0 Å². The van der Waals surface area contributed by atoms with Crippen LogP contribution in [0.15, 0.2) is 18.2 Å². The summed E-state index contributed by atoms with van der Waals surface area (Å²) in [5.74, 6) is -0.367. The molecule has 0 radical (unpaired) electrons. The first-order valence-corrected chi connectivity index (χ1v) is 8.35. The topological polar surface area (TPSA) is 90.7 Å². The van der Waals surface area contributed by atoms with Gasteiger partial charge in [0.2, 0.25) is 0 Å². The highest BCUT2D eigenvalue weighted by Gasteiger charge is 2.39. The van der Waals surface area contributed by atoms with E-state index in [0.29, 0.717) is 24.3 Å². The molecule has 0 atom stereocenters. The average molecular weight is 334 g/mol. The molecule has 3 N–H and O–H groups in total. The van der Waals surface area contributed by atoms with Crippen molar-refractivity contribution < 1.29 is 19.1 Å². The zero-order valence-electron chi connectivity index (χ0n) is 14.6. The van der Waals surface area contributed by atoms with Gasteiger partial charge in [0.25, 0.3) is 11.8 Å². The molecule has 1 aromatic rings. The number of carbonyl (C=O) groups is 2. The first-order chi connectivity index (χ1) is 11.4. The Bertz CT molecular complexity index is 607. The molecular formula is C18H26N2O4. The van der Waals surface area contributed by atoms with E-state index < -0.39 is 11.5 Å². The molecule has 2 amide bonds. The summed E-state index contributed by atoms with van der Waals surface area (Å²) in [6.07, 6.45) is 4.37. The Morgan fingerprint density at radius 2 is 1.88 bits per heavy atom.